The van der Waals surface area contributed by atoms with E-state index in [1.165, 1.54) is 0 Å². The van der Waals surface area contributed by atoms with E-state index in [9.17, 15) is 10.4 Å². The van der Waals surface area contributed by atoms with E-state index < -0.39 is 11.5 Å². The van der Waals surface area contributed by atoms with Crippen LogP contribution in [0.15, 0.2) is 66.7 Å². The van der Waals surface area contributed by atoms with E-state index in [0.29, 0.717) is 47.1 Å². The molecule has 1 N–H and O–H groups in total. The highest BCUT2D eigenvalue weighted by atomic mass is 16.5. The first-order valence-electron chi connectivity index (χ1n) is 12.1. The number of hydrogen-bond acceptors (Lipinski definition) is 7. The number of aromatic nitrogens is 2. The average molecular weight is 497 g/mol. The lowest BCUT2D eigenvalue weighted by atomic mass is 9.73. The van der Waals surface area contributed by atoms with Crippen molar-refractivity contribution >= 4 is 10.9 Å². The number of methoxy groups -OCH3 is 2. The molecule has 0 spiro atoms. The van der Waals surface area contributed by atoms with E-state index in [1.807, 2.05) is 68.4 Å². The Morgan fingerprint density at radius 3 is 2.46 bits per heavy atom. The van der Waals surface area contributed by atoms with Crippen LogP contribution < -0.4 is 9.47 Å². The number of aryl methyl sites for hydroxylation is 1. The van der Waals surface area contributed by atoms with Crippen molar-refractivity contribution in [3.63, 3.8) is 0 Å². The first-order chi connectivity index (χ1) is 17.8. The van der Waals surface area contributed by atoms with Gasteiger partial charge in [-0.1, -0.05) is 35.9 Å². The Bertz CT molecular complexity index is 1450. The largest absolute Gasteiger partial charge is 0.481 e. The van der Waals surface area contributed by atoms with Crippen LogP contribution in [0.1, 0.15) is 40.3 Å². The van der Waals surface area contributed by atoms with E-state index in [2.05, 4.69) is 17.1 Å². The third kappa shape index (κ3) is 5.41. The lowest BCUT2D eigenvalue weighted by Gasteiger charge is -2.38. The van der Waals surface area contributed by atoms with E-state index in [1.54, 1.807) is 32.4 Å². The molecule has 2 heterocycles. The fourth-order valence-corrected chi connectivity index (χ4v) is 4.76. The van der Waals surface area contributed by atoms with Crippen molar-refractivity contribution in [3.8, 4) is 17.8 Å². The Balaban J connectivity index is 2.05. The molecule has 2 atom stereocenters. The van der Waals surface area contributed by atoms with Gasteiger partial charge < -0.3 is 19.5 Å². The number of nitriles is 1. The lowest BCUT2D eigenvalue weighted by molar-refractivity contribution is -0.000668. The topological polar surface area (TPSA) is 91.5 Å². The SMILES string of the molecule is COc1cccc([C@](O)(CCN(C)C)[C@H](c2cccc(C)c2)c2cc3cc(C#N)ccc3nc2OC)n1. The Kier molecular flexibility index (Phi) is 7.72. The fourth-order valence-electron chi connectivity index (χ4n) is 4.76. The zero-order valence-corrected chi connectivity index (χ0v) is 21.9. The summed E-state index contributed by atoms with van der Waals surface area (Å²) in [5.74, 6) is 0.255. The van der Waals surface area contributed by atoms with Gasteiger partial charge in [-0.15, -0.1) is 0 Å². The van der Waals surface area contributed by atoms with Crippen LogP contribution in [-0.4, -0.2) is 54.8 Å². The zero-order valence-electron chi connectivity index (χ0n) is 21.9. The van der Waals surface area contributed by atoms with Gasteiger partial charge in [0.25, 0.3) is 0 Å². The highest BCUT2D eigenvalue weighted by molar-refractivity contribution is 5.82. The van der Waals surface area contributed by atoms with Crippen LogP contribution in [0.5, 0.6) is 11.8 Å². The number of rotatable bonds is 9. The molecule has 37 heavy (non-hydrogen) atoms. The molecule has 190 valence electrons. The maximum Gasteiger partial charge on any atom is 0.217 e. The molecular weight excluding hydrogens is 464 g/mol. The summed E-state index contributed by atoms with van der Waals surface area (Å²) in [5, 5.41) is 23.0. The van der Waals surface area contributed by atoms with Crippen molar-refractivity contribution in [1.82, 2.24) is 14.9 Å². The first-order valence-corrected chi connectivity index (χ1v) is 12.1. The van der Waals surface area contributed by atoms with E-state index in [0.717, 1.165) is 16.5 Å². The van der Waals surface area contributed by atoms with Crippen molar-refractivity contribution in [2.24, 2.45) is 0 Å². The number of benzene rings is 2. The maximum atomic E-state index is 12.7. The molecule has 0 fully saturated rings. The summed E-state index contributed by atoms with van der Waals surface area (Å²) in [5.41, 5.74) is 2.98. The van der Waals surface area contributed by atoms with Crippen molar-refractivity contribution in [1.29, 1.82) is 5.26 Å². The van der Waals surface area contributed by atoms with Crippen LogP contribution in [0.2, 0.25) is 0 Å². The summed E-state index contributed by atoms with van der Waals surface area (Å²) >= 11 is 0. The predicted octanol–water partition coefficient (Wildman–Crippen LogP) is 4.80. The molecule has 7 heteroatoms. The molecular formula is C30H32N4O3. The Labute approximate surface area is 217 Å². The standard InChI is InChI=1S/C30H32N4O3/c1-20-8-6-9-22(16-20)28(24-18-23-17-21(19-31)12-13-25(23)32-29(24)37-5)30(35,14-15-34(2)3)26-10-7-11-27(33-26)36-4/h6-13,16-18,28,35H,14-15H2,1-5H3/t28-,30-/m1/s1. The number of nitrogens with zero attached hydrogens (tertiary/aromatic N) is 4. The van der Waals surface area contributed by atoms with Gasteiger partial charge in [0.2, 0.25) is 11.8 Å². The molecule has 0 aliphatic carbocycles. The molecule has 0 saturated heterocycles. The molecule has 7 nitrogen and oxygen atoms in total. The van der Waals surface area contributed by atoms with E-state index >= 15 is 0 Å². The number of fused-ring (bicyclic) bond motifs is 1. The van der Waals surface area contributed by atoms with Crippen molar-refractivity contribution < 1.29 is 14.6 Å². The first kappa shape index (κ1) is 26.1. The monoisotopic (exact) mass is 496 g/mol. The summed E-state index contributed by atoms with van der Waals surface area (Å²) < 4.78 is 11.2. The number of pyridine rings is 2. The summed E-state index contributed by atoms with van der Waals surface area (Å²) in [6.07, 6.45) is 0.387. The van der Waals surface area contributed by atoms with Crippen LogP contribution in [0.3, 0.4) is 0 Å². The van der Waals surface area contributed by atoms with Gasteiger partial charge in [0.05, 0.1) is 37.1 Å². The number of hydrogen-bond donors (Lipinski definition) is 1. The lowest BCUT2D eigenvalue weighted by Crippen LogP contribution is -2.38. The quantitative estimate of drug-likeness (QED) is 0.356. The van der Waals surface area contributed by atoms with Gasteiger partial charge in [-0.05, 0) is 63.3 Å². The summed E-state index contributed by atoms with van der Waals surface area (Å²) in [7, 11) is 7.09. The molecule has 0 unspecified atom stereocenters. The van der Waals surface area contributed by atoms with Crippen LogP contribution in [0, 0.1) is 18.3 Å². The summed E-state index contributed by atoms with van der Waals surface area (Å²) in [6.45, 7) is 2.64. The zero-order chi connectivity index (χ0) is 26.6. The van der Waals surface area contributed by atoms with Gasteiger partial charge in [0, 0.05) is 29.5 Å². The molecule has 0 aliphatic heterocycles. The van der Waals surface area contributed by atoms with Crippen LogP contribution in [-0.2, 0) is 5.60 Å². The Morgan fingerprint density at radius 2 is 1.78 bits per heavy atom. The molecule has 0 saturated carbocycles. The van der Waals surface area contributed by atoms with Crippen LogP contribution in [0.25, 0.3) is 10.9 Å². The second-order valence-corrected chi connectivity index (χ2v) is 9.50. The predicted molar refractivity (Wildman–Crippen MR) is 144 cm³/mol. The summed E-state index contributed by atoms with van der Waals surface area (Å²) in [6, 6.07) is 23.0. The average Bonchev–Trinajstić information content (AvgIpc) is 2.91. The number of ether oxygens (including phenoxy) is 2. The van der Waals surface area contributed by atoms with Gasteiger partial charge in [-0.2, -0.15) is 5.26 Å². The van der Waals surface area contributed by atoms with Gasteiger partial charge in [0.15, 0.2) is 0 Å². The molecule has 2 aromatic heterocycles. The van der Waals surface area contributed by atoms with Gasteiger partial charge >= 0.3 is 0 Å². The van der Waals surface area contributed by atoms with Crippen molar-refractivity contribution in [2.75, 3.05) is 34.9 Å². The smallest absolute Gasteiger partial charge is 0.217 e. The van der Waals surface area contributed by atoms with Gasteiger partial charge in [-0.25, -0.2) is 9.97 Å². The number of aliphatic hydroxyl groups is 1. The van der Waals surface area contributed by atoms with E-state index in [-0.39, 0.29) is 0 Å². The molecule has 4 aromatic rings. The molecule has 0 bridgehead atoms. The highest BCUT2D eigenvalue weighted by Gasteiger charge is 2.43. The van der Waals surface area contributed by atoms with Crippen molar-refractivity contribution in [2.45, 2.75) is 24.9 Å². The molecule has 0 amide bonds. The second kappa shape index (κ2) is 11.0. The van der Waals surface area contributed by atoms with E-state index in [4.69, 9.17) is 14.5 Å². The molecule has 0 radical (unpaired) electrons. The normalized spacial score (nSPS) is 13.7. The van der Waals surface area contributed by atoms with Crippen LogP contribution >= 0.6 is 0 Å². The third-order valence-corrected chi connectivity index (χ3v) is 6.61. The summed E-state index contributed by atoms with van der Waals surface area (Å²) in [4.78, 5) is 11.5. The van der Waals surface area contributed by atoms with Crippen LogP contribution in [0.4, 0.5) is 0 Å². The van der Waals surface area contributed by atoms with Crippen molar-refractivity contribution in [3.05, 3.63) is 94.7 Å². The molecule has 4 rings (SSSR count). The molecule has 2 aromatic carbocycles. The minimum Gasteiger partial charge on any atom is -0.481 e. The Morgan fingerprint density at radius 1 is 1.00 bits per heavy atom. The molecule has 0 aliphatic rings. The third-order valence-electron chi connectivity index (χ3n) is 6.61. The van der Waals surface area contributed by atoms with Gasteiger partial charge in [0.1, 0.15) is 5.60 Å². The second-order valence-electron chi connectivity index (χ2n) is 9.50. The maximum absolute atomic E-state index is 12.7. The Hall–Kier alpha value is -3.99. The van der Waals surface area contributed by atoms with Gasteiger partial charge in [-0.3, -0.25) is 0 Å². The minimum absolute atomic E-state index is 0.387. The minimum atomic E-state index is -1.44. The highest BCUT2D eigenvalue weighted by Crippen LogP contribution is 2.47. The fraction of sp³-hybridized carbons (Fsp3) is 0.300.